The van der Waals surface area contributed by atoms with E-state index in [1.54, 1.807) is 0 Å². The van der Waals surface area contributed by atoms with E-state index in [-0.39, 0.29) is 10.8 Å². The van der Waals surface area contributed by atoms with E-state index < -0.39 is 0 Å². The highest BCUT2D eigenvalue weighted by Crippen LogP contribution is 2.33. The van der Waals surface area contributed by atoms with Gasteiger partial charge in [0.1, 0.15) is 0 Å². The lowest BCUT2D eigenvalue weighted by atomic mass is 9.84. The van der Waals surface area contributed by atoms with Crippen LogP contribution in [0.2, 0.25) is 0 Å². The van der Waals surface area contributed by atoms with E-state index in [1.165, 1.54) is 16.7 Å². The van der Waals surface area contributed by atoms with Gasteiger partial charge in [0.2, 0.25) is 0 Å². The van der Waals surface area contributed by atoms with Crippen LogP contribution in [0.5, 0.6) is 0 Å². The second-order valence-electron chi connectivity index (χ2n) is 10.1. The first kappa shape index (κ1) is 20.3. The molecule has 152 valence electrons. The summed E-state index contributed by atoms with van der Waals surface area (Å²) in [7, 11) is 0. The summed E-state index contributed by atoms with van der Waals surface area (Å²) in [5.41, 5.74) is 6.88. The van der Waals surface area contributed by atoms with Gasteiger partial charge < -0.3 is 0 Å². The van der Waals surface area contributed by atoms with Crippen LogP contribution in [-0.2, 0) is 10.8 Å². The van der Waals surface area contributed by atoms with Gasteiger partial charge in [-0.25, -0.2) is 9.97 Å². The molecule has 0 fully saturated rings. The lowest BCUT2D eigenvalue weighted by Gasteiger charge is -2.23. The molecule has 0 amide bonds. The lowest BCUT2D eigenvalue weighted by molar-refractivity contribution is 0.574. The van der Waals surface area contributed by atoms with Crippen LogP contribution in [0.15, 0.2) is 72.8 Å². The fraction of sp³-hybridized carbons (Fsp3) is 0.286. The highest BCUT2D eigenvalue weighted by atomic mass is 14.9. The summed E-state index contributed by atoms with van der Waals surface area (Å²) < 4.78 is 0. The Hall–Kier alpha value is -3.00. The molecule has 0 N–H and O–H groups in total. The summed E-state index contributed by atoms with van der Waals surface area (Å²) in [6.07, 6.45) is 0. The summed E-state index contributed by atoms with van der Waals surface area (Å²) >= 11 is 0. The maximum Gasteiger partial charge on any atom is 0.160 e. The van der Waals surface area contributed by atoms with Crippen LogP contribution in [0.1, 0.15) is 52.8 Å². The van der Waals surface area contributed by atoms with Crippen molar-refractivity contribution in [2.45, 2.75) is 52.4 Å². The van der Waals surface area contributed by atoms with E-state index in [0.29, 0.717) is 0 Å². The van der Waals surface area contributed by atoms with Gasteiger partial charge >= 0.3 is 0 Å². The van der Waals surface area contributed by atoms with Gasteiger partial charge in [-0.05, 0) is 28.2 Å². The summed E-state index contributed by atoms with van der Waals surface area (Å²) in [5, 5.41) is 1.14. The van der Waals surface area contributed by atoms with Gasteiger partial charge in [-0.2, -0.15) is 0 Å². The molecule has 0 saturated heterocycles. The third-order valence-corrected chi connectivity index (χ3v) is 5.52. The first-order valence-corrected chi connectivity index (χ1v) is 10.6. The molecule has 0 radical (unpaired) electrons. The minimum absolute atomic E-state index is 0.0663. The largest absolute Gasteiger partial charge is 0.232 e. The van der Waals surface area contributed by atoms with Crippen molar-refractivity contribution in [3.8, 4) is 22.5 Å². The molecule has 0 aliphatic rings. The molecule has 0 saturated carbocycles. The molecule has 1 aromatic heterocycles. The number of hydrogen-bond donors (Lipinski definition) is 0. The Morgan fingerprint density at radius 1 is 0.567 bits per heavy atom. The van der Waals surface area contributed by atoms with Crippen LogP contribution < -0.4 is 0 Å². The van der Waals surface area contributed by atoms with Gasteiger partial charge in [0.15, 0.2) is 5.82 Å². The van der Waals surface area contributed by atoms with Crippen LogP contribution in [-0.4, -0.2) is 9.97 Å². The minimum atomic E-state index is -0.0663. The highest BCUT2D eigenvalue weighted by molar-refractivity contribution is 5.84. The van der Waals surface area contributed by atoms with Gasteiger partial charge in [0.05, 0.1) is 11.2 Å². The number of nitrogens with zero attached hydrogens (tertiary/aromatic N) is 2. The molecule has 2 heteroatoms. The highest BCUT2D eigenvalue weighted by Gasteiger charge is 2.22. The normalized spacial score (nSPS) is 12.3. The van der Waals surface area contributed by atoms with Crippen molar-refractivity contribution in [3.63, 3.8) is 0 Å². The summed E-state index contributed by atoms with van der Waals surface area (Å²) in [4.78, 5) is 10.0. The van der Waals surface area contributed by atoms with E-state index in [9.17, 15) is 0 Å². The fourth-order valence-electron chi connectivity index (χ4n) is 3.74. The second kappa shape index (κ2) is 7.36. The molecular formula is C28H30N2. The van der Waals surface area contributed by atoms with Crippen LogP contribution in [0, 0.1) is 0 Å². The molecule has 0 unspecified atom stereocenters. The minimum Gasteiger partial charge on any atom is -0.232 e. The molecular weight excluding hydrogens is 364 g/mol. The maximum atomic E-state index is 5.03. The van der Waals surface area contributed by atoms with Gasteiger partial charge in [-0.15, -0.1) is 0 Å². The molecule has 0 spiro atoms. The Morgan fingerprint density at radius 3 is 1.77 bits per heavy atom. The van der Waals surface area contributed by atoms with Gasteiger partial charge in [-0.3, -0.25) is 0 Å². The quantitative estimate of drug-likeness (QED) is 0.350. The van der Waals surface area contributed by atoms with Crippen molar-refractivity contribution in [1.82, 2.24) is 9.97 Å². The fourth-order valence-corrected chi connectivity index (χ4v) is 3.74. The monoisotopic (exact) mass is 394 g/mol. The van der Waals surface area contributed by atoms with Crippen molar-refractivity contribution in [1.29, 1.82) is 0 Å². The summed E-state index contributed by atoms with van der Waals surface area (Å²) in [6, 6.07) is 25.6. The Morgan fingerprint density at radius 2 is 1.17 bits per heavy atom. The molecule has 0 atom stereocenters. The first-order chi connectivity index (χ1) is 14.1. The number of aromatic nitrogens is 2. The number of rotatable bonds is 2. The van der Waals surface area contributed by atoms with Crippen molar-refractivity contribution in [2.75, 3.05) is 0 Å². The lowest BCUT2D eigenvalue weighted by Crippen LogP contribution is -2.16. The Bertz CT molecular complexity index is 1180. The SMILES string of the molecule is CC(C)(C)c1ccc2c(C(C)(C)C)nc(-c3ccc(-c4ccccc4)cc3)nc2c1. The van der Waals surface area contributed by atoms with E-state index in [2.05, 4.69) is 108 Å². The van der Waals surface area contributed by atoms with Crippen LogP contribution in [0.4, 0.5) is 0 Å². The molecule has 1 heterocycles. The van der Waals surface area contributed by atoms with E-state index >= 15 is 0 Å². The predicted octanol–water partition coefficient (Wildman–Crippen LogP) is 7.56. The smallest absolute Gasteiger partial charge is 0.160 e. The zero-order valence-electron chi connectivity index (χ0n) is 18.8. The van der Waals surface area contributed by atoms with Crippen molar-refractivity contribution >= 4 is 10.9 Å². The van der Waals surface area contributed by atoms with Gasteiger partial charge in [-0.1, -0.05) is 108 Å². The molecule has 0 bridgehead atoms. The Labute approximate surface area is 180 Å². The predicted molar refractivity (Wildman–Crippen MR) is 128 cm³/mol. The third-order valence-electron chi connectivity index (χ3n) is 5.52. The number of hydrogen-bond acceptors (Lipinski definition) is 2. The van der Waals surface area contributed by atoms with Crippen LogP contribution >= 0.6 is 0 Å². The second-order valence-corrected chi connectivity index (χ2v) is 10.1. The number of benzene rings is 3. The molecule has 4 aromatic rings. The average molecular weight is 395 g/mol. The molecule has 3 aromatic carbocycles. The maximum absolute atomic E-state index is 5.03. The molecule has 0 aliphatic heterocycles. The van der Waals surface area contributed by atoms with Crippen LogP contribution in [0.3, 0.4) is 0 Å². The average Bonchev–Trinajstić information content (AvgIpc) is 2.72. The van der Waals surface area contributed by atoms with Crippen LogP contribution in [0.25, 0.3) is 33.4 Å². The molecule has 0 aliphatic carbocycles. The Balaban J connectivity index is 1.86. The van der Waals surface area contributed by atoms with E-state index in [0.717, 1.165) is 28.0 Å². The topological polar surface area (TPSA) is 25.8 Å². The zero-order chi connectivity index (χ0) is 21.5. The van der Waals surface area contributed by atoms with Crippen molar-refractivity contribution < 1.29 is 0 Å². The molecule has 4 rings (SSSR count). The first-order valence-electron chi connectivity index (χ1n) is 10.6. The third kappa shape index (κ3) is 4.00. The molecule has 2 nitrogen and oxygen atoms in total. The van der Waals surface area contributed by atoms with E-state index in [1.807, 2.05) is 6.07 Å². The van der Waals surface area contributed by atoms with Crippen molar-refractivity contribution in [2.24, 2.45) is 0 Å². The van der Waals surface area contributed by atoms with Gasteiger partial charge in [0, 0.05) is 16.4 Å². The number of fused-ring (bicyclic) bond motifs is 1. The van der Waals surface area contributed by atoms with Gasteiger partial charge in [0.25, 0.3) is 0 Å². The zero-order valence-corrected chi connectivity index (χ0v) is 18.8. The van der Waals surface area contributed by atoms with E-state index in [4.69, 9.17) is 9.97 Å². The Kier molecular flexibility index (Phi) is 4.97. The van der Waals surface area contributed by atoms with Crippen molar-refractivity contribution in [3.05, 3.63) is 84.1 Å². The standard InChI is InChI=1S/C28H30N2/c1-27(2,3)22-16-17-23-24(18-22)29-26(30-25(23)28(4,5)6)21-14-12-20(13-15-21)19-10-8-7-9-11-19/h7-18H,1-6H3. The summed E-state index contributed by atoms with van der Waals surface area (Å²) in [6.45, 7) is 13.4. The summed E-state index contributed by atoms with van der Waals surface area (Å²) in [5.74, 6) is 0.790. The molecule has 30 heavy (non-hydrogen) atoms.